The molecule has 0 unspecified atom stereocenters. The van der Waals surface area contributed by atoms with Gasteiger partial charge in [0.2, 0.25) is 5.91 Å². The molecule has 2 aliphatic rings. The molecule has 6 rings (SSSR count). The topological polar surface area (TPSA) is 98.4 Å². The molecule has 10 nitrogen and oxygen atoms in total. The SMILES string of the molecule is COc1ccc(-n2nc(-c3ncnn3C)c3c2CCN(c2ccc(N4CCCCC4=O)cc2)C3=O)cc1. The van der Waals surface area contributed by atoms with Crippen molar-refractivity contribution in [3.05, 3.63) is 66.1 Å². The van der Waals surface area contributed by atoms with Crippen molar-refractivity contribution in [1.29, 1.82) is 0 Å². The third kappa shape index (κ3) is 3.94. The third-order valence-electron chi connectivity index (χ3n) is 7.05. The predicted octanol–water partition coefficient (Wildman–Crippen LogP) is 3.40. The van der Waals surface area contributed by atoms with E-state index in [2.05, 4.69) is 10.1 Å². The molecule has 188 valence electrons. The Morgan fingerprint density at radius 1 is 0.838 bits per heavy atom. The zero-order chi connectivity index (χ0) is 25.5. The first-order chi connectivity index (χ1) is 18.0. The van der Waals surface area contributed by atoms with Crippen LogP contribution in [0.4, 0.5) is 11.4 Å². The summed E-state index contributed by atoms with van der Waals surface area (Å²) in [6.45, 7) is 1.24. The molecule has 4 heterocycles. The highest BCUT2D eigenvalue weighted by molar-refractivity contribution is 6.11. The van der Waals surface area contributed by atoms with Crippen molar-refractivity contribution in [3.63, 3.8) is 0 Å². The highest BCUT2D eigenvalue weighted by Crippen LogP contribution is 2.34. The van der Waals surface area contributed by atoms with Crippen molar-refractivity contribution in [3.8, 4) is 23.0 Å². The molecular weight excluding hydrogens is 470 g/mol. The van der Waals surface area contributed by atoms with E-state index in [1.54, 1.807) is 23.7 Å². The van der Waals surface area contributed by atoms with Gasteiger partial charge in [-0.3, -0.25) is 9.59 Å². The van der Waals surface area contributed by atoms with E-state index in [-0.39, 0.29) is 11.8 Å². The van der Waals surface area contributed by atoms with E-state index in [1.807, 2.05) is 58.1 Å². The fourth-order valence-electron chi connectivity index (χ4n) is 5.10. The summed E-state index contributed by atoms with van der Waals surface area (Å²) < 4.78 is 8.74. The van der Waals surface area contributed by atoms with Crippen LogP contribution in [0.25, 0.3) is 17.2 Å². The molecule has 4 aromatic rings. The number of anilines is 2. The van der Waals surface area contributed by atoms with Gasteiger partial charge in [0, 0.05) is 44.4 Å². The Hall–Kier alpha value is -4.47. The van der Waals surface area contributed by atoms with Crippen LogP contribution in [0.3, 0.4) is 0 Å². The van der Waals surface area contributed by atoms with E-state index in [1.165, 1.54) is 6.33 Å². The molecule has 1 saturated heterocycles. The van der Waals surface area contributed by atoms with E-state index in [0.717, 1.165) is 47.9 Å². The molecule has 2 aromatic carbocycles. The Kier molecular flexibility index (Phi) is 5.71. The summed E-state index contributed by atoms with van der Waals surface area (Å²) in [5.74, 6) is 1.28. The number of amides is 2. The van der Waals surface area contributed by atoms with Crippen molar-refractivity contribution < 1.29 is 14.3 Å². The number of hydrogen-bond acceptors (Lipinski definition) is 6. The predicted molar refractivity (Wildman–Crippen MR) is 138 cm³/mol. The zero-order valence-corrected chi connectivity index (χ0v) is 20.8. The quantitative estimate of drug-likeness (QED) is 0.419. The van der Waals surface area contributed by atoms with Gasteiger partial charge in [0.05, 0.1) is 24.1 Å². The molecule has 10 heteroatoms. The molecule has 0 saturated carbocycles. The van der Waals surface area contributed by atoms with Crippen molar-refractivity contribution in [2.45, 2.75) is 25.7 Å². The van der Waals surface area contributed by atoms with E-state index >= 15 is 0 Å². The summed E-state index contributed by atoms with van der Waals surface area (Å²) in [5, 5.41) is 9.04. The largest absolute Gasteiger partial charge is 0.497 e. The standard InChI is InChI=1S/C27H27N7O3/c1-31-26(28-17-29-31)25-24-22(34(30-25)20-10-12-21(37-2)13-11-20)14-16-33(27(24)36)19-8-6-18(7-9-19)32-15-4-3-5-23(32)35/h6-13,17H,3-5,14-16H2,1-2H3. The van der Waals surface area contributed by atoms with Crippen molar-refractivity contribution >= 4 is 23.2 Å². The summed E-state index contributed by atoms with van der Waals surface area (Å²) in [6, 6.07) is 15.3. The van der Waals surface area contributed by atoms with E-state index in [0.29, 0.717) is 36.5 Å². The Balaban J connectivity index is 1.38. The van der Waals surface area contributed by atoms with Crippen LogP contribution in [0.5, 0.6) is 5.75 Å². The molecule has 0 aliphatic carbocycles. The lowest BCUT2D eigenvalue weighted by Gasteiger charge is -2.29. The van der Waals surface area contributed by atoms with E-state index in [4.69, 9.17) is 9.84 Å². The van der Waals surface area contributed by atoms with Crippen molar-refractivity contribution in [1.82, 2.24) is 24.5 Å². The molecular formula is C27H27N7O3. The monoisotopic (exact) mass is 497 g/mol. The number of benzene rings is 2. The van der Waals surface area contributed by atoms with Crippen LogP contribution >= 0.6 is 0 Å². The maximum atomic E-state index is 14.0. The number of methoxy groups -OCH3 is 1. The van der Waals surface area contributed by atoms with Crippen LogP contribution in [0.1, 0.15) is 35.3 Å². The number of piperidine rings is 1. The lowest BCUT2D eigenvalue weighted by atomic mass is 10.0. The van der Waals surface area contributed by atoms with E-state index < -0.39 is 0 Å². The first-order valence-corrected chi connectivity index (χ1v) is 12.4. The van der Waals surface area contributed by atoms with Gasteiger partial charge in [-0.1, -0.05) is 0 Å². The second kappa shape index (κ2) is 9.20. The normalized spacial score (nSPS) is 15.7. The minimum Gasteiger partial charge on any atom is -0.497 e. The number of nitrogens with zero attached hydrogens (tertiary/aromatic N) is 7. The summed E-state index contributed by atoms with van der Waals surface area (Å²) >= 11 is 0. The first-order valence-electron chi connectivity index (χ1n) is 12.4. The smallest absolute Gasteiger partial charge is 0.262 e. The van der Waals surface area contributed by atoms with Gasteiger partial charge < -0.3 is 14.5 Å². The van der Waals surface area contributed by atoms with Gasteiger partial charge in [0.25, 0.3) is 5.91 Å². The molecule has 37 heavy (non-hydrogen) atoms. The average Bonchev–Trinajstić information content (AvgIpc) is 3.53. The average molecular weight is 498 g/mol. The van der Waals surface area contributed by atoms with Crippen LogP contribution in [-0.4, -0.2) is 56.6 Å². The summed E-state index contributed by atoms with van der Waals surface area (Å²) in [6.07, 6.45) is 4.60. The maximum Gasteiger partial charge on any atom is 0.262 e. The van der Waals surface area contributed by atoms with Gasteiger partial charge in [0.15, 0.2) is 5.82 Å². The minimum atomic E-state index is -0.138. The molecule has 0 radical (unpaired) electrons. The molecule has 2 aromatic heterocycles. The van der Waals surface area contributed by atoms with Crippen LogP contribution < -0.4 is 14.5 Å². The number of ether oxygens (including phenoxy) is 1. The maximum absolute atomic E-state index is 14.0. The third-order valence-corrected chi connectivity index (χ3v) is 7.05. The Morgan fingerprint density at radius 3 is 2.19 bits per heavy atom. The van der Waals surface area contributed by atoms with Crippen LogP contribution in [0.15, 0.2) is 54.9 Å². The number of aryl methyl sites for hydroxylation is 1. The lowest BCUT2D eigenvalue weighted by molar-refractivity contribution is -0.119. The number of carbonyl (C=O) groups excluding carboxylic acids is 2. The second-order valence-corrected chi connectivity index (χ2v) is 9.21. The number of hydrogen-bond donors (Lipinski definition) is 0. The number of carbonyl (C=O) groups is 2. The Morgan fingerprint density at radius 2 is 1.54 bits per heavy atom. The molecule has 1 fully saturated rings. The summed E-state index contributed by atoms with van der Waals surface area (Å²) in [5.41, 5.74) is 4.34. The number of rotatable bonds is 5. The van der Waals surface area contributed by atoms with Crippen molar-refractivity contribution in [2.75, 3.05) is 30.0 Å². The first kappa shape index (κ1) is 23.0. The van der Waals surface area contributed by atoms with Gasteiger partial charge in [-0.05, 0) is 61.4 Å². The van der Waals surface area contributed by atoms with Gasteiger partial charge in [0.1, 0.15) is 17.8 Å². The van der Waals surface area contributed by atoms with Gasteiger partial charge in [-0.15, -0.1) is 0 Å². The molecule has 0 atom stereocenters. The van der Waals surface area contributed by atoms with Crippen LogP contribution in [0, 0.1) is 0 Å². The highest BCUT2D eigenvalue weighted by Gasteiger charge is 2.35. The van der Waals surface area contributed by atoms with Crippen molar-refractivity contribution in [2.24, 2.45) is 7.05 Å². The fourth-order valence-corrected chi connectivity index (χ4v) is 5.10. The van der Waals surface area contributed by atoms with Gasteiger partial charge >= 0.3 is 0 Å². The molecule has 2 amide bonds. The zero-order valence-electron chi connectivity index (χ0n) is 20.8. The number of aromatic nitrogens is 5. The second-order valence-electron chi connectivity index (χ2n) is 9.21. The molecule has 2 aliphatic heterocycles. The summed E-state index contributed by atoms with van der Waals surface area (Å²) in [4.78, 5) is 34.3. The lowest BCUT2D eigenvalue weighted by Crippen LogP contribution is -2.38. The molecule has 0 spiro atoms. The Labute approximate surface area is 214 Å². The van der Waals surface area contributed by atoms with Crippen LogP contribution in [0.2, 0.25) is 0 Å². The number of fused-ring (bicyclic) bond motifs is 1. The van der Waals surface area contributed by atoms with E-state index in [9.17, 15) is 9.59 Å². The molecule has 0 bridgehead atoms. The fraction of sp³-hybridized carbons (Fsp3) is 0.296. The summed E-state index contributed by atoms with van der Waals surface area (Å²) in [7, 11) is 3.41. The van der Waals surface area contributed by atoms with Crippen LogP contribution in [-0.2, 0) is 18.3 Å². The molecule has 0 N–H and O–H groups in total. The van der Waals surface area contributed by atoms with Gasteiger partial charge in [-0.2, -0.15) is 10.2 Å². The minimum absolute atomic E-state index is 0.138. The van der Waals surface area contributed by atoms with Gasteiger partial charge in [-0.25, -0.2) is 14.3 Å². The Bertz CT molecular complexity index is 1470. The highest BCUT2D eigenvalue weighted by atomic mass is 16.5.